The molecule has 0 aliphatic rings. The fraction of sp³-hybridized carbons (Fsp3) is 0.545. The van der Waals surface area contributed by atoms with Gasteiger partial charge in [0.1, 0.15) is 0 Å². The lowest BCUT2D eigenvalue weighted by Crippen LogP contribution is -2.22. The van der Waals surface area contributed by atoms with Gasteiger partial charge < -0.3 is 15.8 Å². The van der Waals surface area contributed by atoms with Crippen molar-refractivity contribution in [3.63, 3.8) is 0 Å². The molecule has 0 radical (unpaired) electrons. The third kappa shape index (κ3) is 3.75. The molecule has 1 unspecified atom stereocenters. The van der Waals surface area contributed by atoms with Crippen LogP contribution < -0.4 is 15.8 Å². The van der Waals surface area contributed by atoms with Crippen LogP contribution in [0.2, 0.25) is 0 Å². The van der Waals surface area contributed by atoms with E-state index >= 15 is 0 Å². The lowest BCUT2D eigenvalue weighted by molar-refractivity contribution is 0.414. The molecule has 15 heavy (non-hydrogen) atoms. The van der Waals surface area contributed by atoms with Crippen LogP contribution >= 0.6 is 0 Å². The van der Waals surface area contributed by atoms with Gasteiger partial charge in [-0.1, -0.05) is 6.92 Å². The fourth-order valence-electron chi connectivity index (χ4n) is 1.27. The average Bonchev–Trinajstić information content (AvgIpc) is 2.29. The molecular formula is C11H19N3O. The minimum atomic E-state index is 0.257. The minimum Gasteiger partial charge on any atom is -0.493 e. The van der Waals surface area contributed by atoms with Crippen LogP contribution in [0, 0.1) is 0 Å². The standard InChI is InChI=1S/C11H19N3O/c1-3-9(12)6-8-14-11-10(15-2)5-4-7-13-11/h4-5,7,9H,3,6,8,12H2,1-2H3,(H,13,14). The van der Waals surface area contributed by atoms with Crippen LogP contribution in [0.5, 0.6) is 5.75 Å². The predicted molar refractivity (Wildman–Crippen MR) is 62.2 cm³/mol. The van der Waals surface area contributed by atoms with Gasteiger partial charge in [0.2, 0.25) is 0 Å². The molecule has 1 heterocycles. The number of aromatic nitrogens is 1. The van der Waals surface area contributed by atoms with Crippen molar-refractivity contribution < 1.29 is 4.74 Å². The van der Waals surface area contributed by atoms with Crippen molar-refractivity contribution in [1.82, 2.24) is 4.98 Å². The molecule has 0 amide bonds. The summed E-state index contributed by atoms with van der Waals surface area (Å²) in [5, 5.41) is 3.21. The lowest BCUT2D eigenvalue weighted by atomic mass is 10.2. The van der Waals surface area contributed by atoms with Gasteiger partial charge in [0.25, 0.3) is 0 Å². The molecule has 0 saturated heterocycles. The number of hydrogen-bond acceptors (Lipinski definition) is 4. The Bertz CT molecular complexity index is 291. The zero-order chi connectivity index (χ0) is 11.1. The van der Waals surface area contributed by atoms with E-state index in [1.54, 1.807) is 13.3 Å². The van der Waals surface area contributed by atoms with Crippen LogP contribution in [-0.4, -0.2) is 24.7 Å². The van der Waals surface area contributed by atoms with E-state index in [1.807, 2.05) is 12.1 Å². The topological polar surface area (TPSA) is 60.2 Å². The Hall–Kier alpha value is -1.29. The van der Waals surface area contributed by atoms with Crippen molar-refractivity contribution in [2.75, 3.05) is 19.0 Å². The van der Waals surface area contributed by atoms with E-state index in [1.165, 1.54) is 0 Å². The molecule has 0 saturated carbocycles. The van der Waals surface area contributed by atoms with E-state index in [9.17, 15) is 0 Å². The number of ether oxygens (including phenoxy) is 1. The minimum absolute atomic E-state index is 0.257. The maximum Gasteiger partial charge on any atom is 0.168 e. The highest BCUT2D eigenvalue weighted by Gasteiger charge is 2.03. The highest BCUT2D eigenvalue weighted by atomic mass is 16.5. The molecule has 84 valence electrons. The Morgan fingerprint density at radius 1 is 1.60 bits per heavy atom. The molecular weight excluding hydrogens is 190 g/mol. The molecule has 0 aromatic carbocycles. The SMILES string of the molecule is CCC(N)CCNc1ncccc1OC. The van der Waals surface area contributed by atoms with Crippen LogP contribution in [-0.2, 0) is 0 Å². The molecule has 0 spiro atoms. The smallest absolute Gasteiger partial charge is 0.168 e. The number of anilines is 1. The van der Waals surface area contributed by atoms with Crippen molar-refractivity contribution in [1.29, 1.82) is 0 Å². The number of nitrogens with two attached hydrogens (primary N) is 1. The van der Waals surface area contributed by atoms with Gasteiger partial charge in [-0.3, -0.25) is 0 Å². The summed E-state index contributed by atoms with van der Waals surface area (Å²) in [6, 6.07) is 3.99. The Labute approximate surface area is 90.8 Å². The first-order valence-corrected chi connectivity index (χ1v) is 5.26. The maximum atomic E-state index is 5.82. The van der Waals surface area contributed by atoms with E-state index in [4.69, 9.17) is 10.5 Å². The number of nitrogens with zero attached hydrogens (tertiary/aromatic N) is 1. The average molecular weight is 209 g/mol. The van der Waals surface area contributed by atoms with Gasteiger partial charge in [0.05, 0.1) is 7.11 Å². The highest BCUT2D eigenvalue weighted by molar-refractivity contribution is 5.49. The fourth-order valence-corrected chi connectivity index (χ4v) is 1.27. The van der Waals surface area contributed by atoms with Gasteiger partial charge in [0.15, 0.2) is 11.6 Å². The Morgan fingerprint density at radius 2 is 2.40 bits per heavy atom. The lowest BCUT2D eigenvalue weighted by Gasteiger charge is -2.11. The monoisotopic (exact) mass is 209 g/mol. The van der Waals surface area contributed by atoms with Crippen LogP contribution in [0.25, 0.3) is 0 Å². The summed E-state index contributed by atoms with van der Waals surface area (Å²) in [5.74, 6) is 1.55. The van der Waals surface area contributed by atoms with E-state index in [0.29, 0.717) is 0 Å². The molecule has 0 fully saturated rings. The quantitative estimate of drug-likeness (QED) is 0.747. The number of nitrogens with one attached hydrogen (secondary N) is 1. The first-order valence-electron chi connectivity index (χ1n) is 5.26. The molecule has 0 aliphatic carbocycles. The first kappa shape index (κ1) is 11.8. The second-order valence-electron chi connectivity index (χ2n) is 3.44. The van der Waals surface area contributed by atoms with Crippen LogP contribution in [0.4, 0.5) is 5.82 Å². The Morgan fingerprint density at radius 3 is 3.07 bits per heavy atom. The summed E-state index contributed by atoms with van der Waals surface area (Å²) >= 11 is 0. The second-order valence-corrected chi connectivity index (χ2v) is 3.44. The third-order valence-electron chi connectivity index (χ3n) is 2.32. The van der Waals surface area contributed by atoms with Gasteiger partial charge in [0, 0.05) is 18.8 Å². The van der Waals surface area contributed by atoms with Crippen LogP contribution in [0.1, 0.15) is 19.8 Å². The van der Waals surface area contributed by atoms with Gasteiger partial charge in [-0.15, -0.1) is 0 Å². The number of hydrogen-bond donors (Lipinski definition) is 2. The highest BCUT2D eigenvalue weighted by Crippen LogP contribution is 2.19. The van der Waals surface area contributed by atoms with Gasteiger partial charge in [-0.05, 0) is 25.0 Å². The zero-order valence-corrected chi connectivity index (χ0v) is 9.36. The number of pyridine rings is 1. The molecule has 0 bridgehead atoms. The summed E-state index contributed by atoms with van der Waals surface area (Å²) in [7, 11) is 1.64. The van der Waals surface area contributed by atoms with Gasteiger partial charge in [-0.2, -0.15) is 0 Å². The van der Waals surface area contributed by atoms with E-state index < -0.39 is 0 Å². The van der Waals surface area contributed by atoms with Gasteiger partial charge in [-0.25, -0.2) is 4.98 Å². The number of rotatable bonds is 6. The van der Waals surface area contributed by atoms with Crippen LogP contribution in [0.15, 0.2) is 18.3 Å². The number of methoxy groups -OCH3 is 1. The van der Waals surface area contributed by atoms with Crippen molar-refractivity contribution in [2.24, 2.45) is 5.73 Å². The molecule has 4 heteroatoms. The summed E-state index contributed by atoms with van der Waals surface area (Å²) in [4.78, 5) is 4.20. The molecule has 1 aromatic heterocycles. The molecule has 1 rings (SSSR count). The summed E-state index contributed by atoms with van der Waals surface area (Å²) in [5.41, 5.74) is 5.82. The Kier molecular flexibility index (Phi) is 4.90. The summed E-state index contributed by atoms with van der Waals surface area (Å²) < 4.78 is 5.17. The van der Waals surface area contributed by atoms with E-state index in [2.05, 4.69) is 17.2 Å². The molecule has 0 aliphatic heterocycles. The molecule has 4 nitrogen and oxygen atoms in total. The van der Waals surface area contributed by atoms with E-state index in [-0.39, 0.29) is 6.04 Å². The van der Waals surface area contributed by atoms with Crippen molar-refractivity contribution in [3.8, 4) is 5.75 Å². The van der Waals surface area contributed by atoms with Crippen molar-refractivity contribution in [2.45, 2.75) is 25.8 Å². The first-order chi connectivity index (χ1) is 7.27. The third-order valence-corrected chi connectivity index (χ3v) is 2.32. The van der Waals surface area contributed by atoms with Gasteiger partial charge >= 0.3 is 0 Å². The maximum absolute atomic E-state index is 5.82. The Balaban J connectivity index is 2.43. The van der Waals surface area contributed by atoms with E-state index in [0.717, 1.165) is 31.0 Å². The second kappa shape index (κ2) is 6.24. The normalized spacial score (nSPS) is 12.2. The van der Waals surface area contributed by atoms with Crippen molar-refractivity contribution >= 4 is 5.82 Å². The zero-order valence-electron chi connectivity index (χ0n) is 9.36. The predicted octanol–water partition coefficient (Wildman–Crippen LogP) is 1.63. The van der Waals surface area contributed by atoms with Crippen LogP contribution in [0.3, 0.4) is 0 Å². The van der Waals surface area contributed by atoms with Crippen molar-refractivity contribution in [3.05, 3.63) is 18.3 Å². The largest absolute Gasteiger partial charge is 0.493 e. The molecule has 1 aromatic rings. The summed E-state index contributed by atoms with van der Waals surface area (Å²) in [6.07, 6.45) is 3.68. The molecule has 3 N–H and O–H groups in total. The molecule has 1 atom stereocenters. The summed E-state index contributed by atoms with van der Waals surface area (Å²) in [6.45, 7) is 2.91.